The summed E-state index contributed by atoms with van der Waals surface area (Å²) in [5.41, 5.74) is 5.87. The Bertz CT molecular complexity index is 754. The van der Waals surface area contributed by atoms with Crippen LogP contribution in [0.1, 0.15) is 34.2 Å². The van der Waals surface area contributed by atoms with Crippen LogP contribution in [0.3, 0.4) is 0 Å². The monoisotopic (exact) mass is 340 g/mol. The van der Waals surface area contributed by atoms with Gasteiger partial charge in [0.15, 0.2) is 0 Å². The number of anilines is 1. The molecule has 1 N–H and O–H groups in total. The molecule has 134 valence electrons. The highest BCUT2D eigenvalue weighted by molar-refractivity contribution is 5.98. The van der Waals surface area contributed by atoms with Crippen LogP contribution < -0.4 is 9.80 Å². The van der Waals surface area contributed by atoms with Gasteiger partial charge in [-0.05, 0) is 45.4 Å². The summed E-state index contributed by atoms with van der Waals surface area (Å²) in [5.74, 6) is 0.284. The number of benzene rings is 1. The Labute approximate surface area is 151 Å². The van der Waals surface area contributed by atoms with E-state index in [1.54, 1.807) is 0 Å². The molecule has 1 aromatic heterocycles. The van der Waals surface area contributed by atoms with Crippen molar-refractivity contribution >= 4 is 11.5 Å². The molecular weight excluding hydrogens is 310 g/mol. The van der Waals surface area contributed by atoms with E-state index in [1.807, 2.05) is 0 Å². The highest BCUT2D eigenvalue weighted by atomic mass is 16.1. The van der Waals surface area contributed by atoms with Crippen molar-refractivity contribution in [2.75, 3.05) is 37.6 Å². The van der Waals surface area contributed by atoms with E-state index in [0.29, 0.717) is 6.54 Å². The summed E-state index contributed by atoms with van der Waals surface area (Å²) in [6.45, 7) is 14.0. The first-order valence-electron chi connectivity index (χ1n) is 9.35. The lowest BCUT2D eigenvalue weighted by atomic mass is 10.1. The van der Waals surface area contributed by atoms with Gasteiger partial charge in [0.1, 0.15) is 6.54 Å². The molecule has 0 atom stereocenters. The minimum Gasteiger partial charge on any atom is -0.360 e. The van der Waals surface area contributed by atoms with Crippen molar-refractivity contribution in [1.29, 1.82) is 0 Å². The normalized spacial score (nSPS) is 15.6. The van der Waals surface area contributed by atoms with Crippen LogP contribution in [0.4, 0.5) is 5.69 Å². The minimum absolute atomic E-state index is 0.284. The molecule has 1 aromatic carbocycles. The molecule has 0 saturated carbocycles. The van der Waals surface area contributed by atoms with Gasteiger partial charge < -0.3 is 14.4 Å². The largest absolute Gasteiger partial charge is 0.360 e. The summed E-state index contributed by atoms with van der Waals surface area (Å²) in [7, 11) is 0. The van der Waals surface area contributed by atoms with E-state index in [-0.39, 0.29) is 5.78 Å². The number of Topliss-reactive ketones (excluding diaryl/α,β-unsaturated/α-hetero) is 1. The molecule has 3 rings (SSSR count). The zero-order valence-corrected chi connectivity index (χ0v) is 15.9. The fourth-order valence-corrected chi connectivity index (χ4v) is 4.05. The molecule has 1 aliphatic rings. The second-order valence-electron chi connectivity index (χ2n) is 7.15. The van der Waals surface area contributed by atoms with Crippen LogP contribution in [0.15, 0.2) is 30.3 Å². The number of ketones is 1. The first kappa shape index (κ1) is 17.7. The molecule has 2 heterocycles. The smallest absolute Gasteiger partial charge is 0.218 e. The number of aryl methyl sites for hydroxylation is 2. The molecule has 1 aliphatic heterocycles. The van der Waals surface area contributed by atoms with E-state index in [2.05, 4.69) is 67.5 Å². The fourth-order valence-electron chi connectivity index (χ4n) is 4.05. The lowest BCUT2D eigenvalue weighted by Gasteiger charge is -2.34. The molecule has 0 radical (unpaired) electrons. The summed E-state index contributed by atoms with van der Waals surface area (Å²) < 4.78 is 2.22. The molecule has 0 bridgehead atoms. The second-order valence-corrected chi connectivity index (χ2v) is 7.15. The summed E-state index contributed by atoms with van der Waals surface area (Å²) in [6, 6.07) is 10.6. The molecule has 4 nitrogen and oxygen atoms in total. The summed E-state index contributed by atoms with van der Waals surface area (Å²) >= 11 is 0. The topological polar surface area (TPSA) is 29.7 Å². The number of aromatic nitrogens is 1. The third-order valence-corrected chi connectivity index (χ3v) is 5.53. The maximum absolute atomic E-state index is 12.8. The maximum Gasteiger partial charge on any atom is 0.218 e. The van der Waals surface area contributed by atoms with Gasteiger partial charge in [-0.25, -0.2) is 0 Å². The maximum atomic E-state index is 12.8. The SMILES string of the molecule is CCn1c(C)cc(C(=O)C[NH+]2CCN(c3ccccc3C)CC2)c1C. The number of para-hydroxylation sites is 1. The number of rotatable bonds is 5. The molecule has 25 heavy (non-hydrogen) atoms. The van der Waals surface area contributed by atoms with E-state index < -0.39 is 0 Å². The van der Waals surface area contributed by atoms with Gasteiger partial charge in [0.05, 0.1) is 26.2 Å². The molecule has 1 saturated heterocycles. The van der Waals surface area contributed by atoms with Gasteiger partial charge in [0.2, 0.25) is 5.78 Å². The number of hydrogen-bond donors (Lipinski definition) is 1. The lowest BCUT2D eigenvalue weighted by molar-refractivity contribution is -0.892. The molecule has 2 aromatic rings. The molecule has 0 spiro atoms. The van der Waals surface area contributed by atoms with Crippen molar-refractivity contribution in [3.8, 4) is 0 Å². The number of nitrogens with one attached hydrogen (secondary N) is 1. The zero-order valence-electron chi connectivity index (χ0n) is 15.9. The zero-order chi connectivity index (χ0) is 18.0. The van der Waals surface area contributed by atoms with Gasteiger partial charge in [-0.2, -0.15) is 0 Å². The fraction of sp³-hybridized carbons (Fsp3) is 0.476. The number of piperazine rings is 1. The molecule has 0 aliphatic carbocycles. The number of quaternary nitrogens is 1. The Morgan fingerprint density at radius 1 is 1.12 bits per heavy atom. The molecular formula is C21H30N3O+. The Hall–Kier alpha value is -2.07. The number of carbonyl (C=O) groups is 1. The predicted octanol–water partition coefficient (Wildman–Crippen LogP) is 2.02. The highest BCUT2D eigenvalue weighted by Gasteiger charge is 2.25. The third-order valence-electron chi connectivity index (χ3n) is 5.53. The highest BCUT2D eigenvalue weighted by Crippen LogP contribution is 2.19. The van der Waals surface area contributed by atoms with Crippen LogP contribution in [-0.4, -0.2) is 43.1 Å². The van der Waals surface area contributed by atoms with Crippen LogP contribution in [0, 0.1) is 20.8 Å². The van der Waals surface area contributed by atoms with E-state index in [0.717, 1.165) is 44.0 Å². The Morgan fingerprint density at radius 3 is 2.40 bits per heavy atom. The number of nitrogens with zero attached hydrogens (tertiary/aromatic N) is 2. The first-order valence-corrected chi connectivity index (χ1v) is 9.35. The molecule has 1 fully saturated rings. The Balaban J connectivity index is 1.61. The van der Waals surface area contributed by atoms with Crippen LogP contribution in [0.5, 0.6) is 0 Å². The number of hydrogen-bond acceptors (Lipinski definition) is 2. The first-order chi connectivity index (χ1) is 12.0. The number of carbonyl (C=O) groups excluding carboxylic acids is 1. The van der Waals surface area contributed by atoms with Crippen molar-refractivity contribution in [2.24, 2.45) is 0 Å². The Morgan fingerprint density at radius 2 is 1.80 bits per heavy atom. The van der Waals surface area contributed by atoms with Gasteiger partial charge in [-0.15, -0.1) is 0 Å². The van der Waals surface area contributed by atoms with Gasteiger partial charge in [0.25, 0.3) is 0 Å². The van der Waals surface area contributed by atoms with E-state index in [4.69, 9.17) is 0 Å². The van der Waals surface area contributed by atoms with Crippen molar-refractivity contribution in [1.82, 2.24) is 4.57 Å². The van der Waals surface area contributed by atoms with E-state index in [1.165, 1.54) is 21.8 Å². The summed E-state index contributed by atoms with van der Waals surface area (Å²) in [6.07, 6.45) is 0. The Kier molecular flexibility index (Phi) is 5.28. The van der Waals surface area contributed by atoms with Crippen molar-refractivity contribution < 1.29 is 9.69 Å². The third kappa shape index (κ3) is 3.64. The van der Waals surface area contributed by atoms with Crippen molar-refractivity contribution in [2.45, 2.75) is 34.2 Å². The minimum atomic E-state index is 0.284. The molecule has 4 heteroatoms. The van der Waals surface area contributed by atoms with Gasteiger partial charge in [-0.3, -0.25) is 4.79 Å². The lowest BCUT2D eigenvalue weighted by Crippen LogP contribution is -3.15. The molecule has 0 amide bonds. The molecule has 0 unspecified atom stereocenters. The van der Waals surface area contributed by atoms with E-state index >= 15 is 0 Å². The quantitative estimate of drug-likeness (QED) is 0.844. The van der Waals surface area contributed by atoms with Gasteiger partial charge in [-0.1, -0.05) is 18.2 Å². The predicted molar refractivity (Wildman–Crippen MR) is 103 cm³/mol. The summed E-state index contributed by atoms with van der Waals surface area (Å²) in [4.78, 5) is 16.6. The van der Waals surface area contributed by atoms with Crippen LogP contribution in [-0.2, 0) is 6.54 Å². The van der Waals surface area contributed by atoms with Crippen LogP contribution >= 0.6 is 0 Å². The van der Waals surface area contributed by atoms with Crippen molar-refractivity contribution in [3.05, 3.63) is 52.8 Å². The standard InChI is InChI=1S/C21H29N3O/c1-5-24-17(3)14-19(18(24)4)21(25)15-22-10-12-23(13-11-22)20-9-7-6-8-16(20)2/h6-9,14H,5,10-13,15H2,1-4H3/p+1. The average Bonchev–Trinajstić information content (AvgIpc) is 2.90. The summed E-state index contributed by atoms with van der Waals surface area (Å²) in [5, 5.41) is 0. The van der Waals surface area contributed by atoms with Crippen LogP contribution in [0.25, 0.3) is 0 Å². The second kappa shape index (κ2) is 7.44. The van der Waals surface area contributed by atoms with Gasteiger partial charge in [0, 0.05) is 29.2 Å². The van der Waals surface area contributed by atoms with Crippen molar-refractivity contribution in [3.63, 3.8) is 0 Å². The average molecular weight is 340 g/mol. The van der Waals surface area contributed by atoms with Gasteiger partial charge >= 0.3 is 0 Å². The van der Waals surface area contributed by atoms with E-state index in [9.17, 15) is 4.79 Å². The van der Waals surface area contributed by atoms with Crippen LogP contribution in [0.2, 0.25) is 0 Å².